The molecule has 1 heterocycles. The molecule has 0 saturated carbocycles. The molecule has 116 valence electrons. The van der Waals surface area contributed by atoms with Crippen molar-refractivity contribution >= 4 is 23.6 Å². The Balaban J connectivity index is 2.48. The lowest BCUT2D eigenvalue weighted by atomic mass is 10.3. The number of carbonyl (C=O) groups excluding carboxylic acids is 2. The quantitative estimate of drug-likeness (QED) is 0.588. The molecule has 0 fully saturated rings. The zero-order valence-electron chi connectivity index (χ0n) is 12.1. The highest BCUT2D eigenvalue weighted by molar-refractivity contribution is 5.93. The molecule has 0 spiro atoms. The van der Waals surface area contributed by atoms with Gasteiger partial charge in [0.1, 0.15) is 12.6 Å². The van der Waals surface area contributed by atoms with Gasteiger partial charge in [-0.3, -0.25) is 14.3 Å². The molecule has 4 N–H and O–H groups in total. The summed E-state index contributed by atoms with van der Waals surface area (Å²) in [5.74, 6) is -1.32. The Morgan fingerprint density at radius 3 is 2.52 bits per heavy atom. The summed E-state index contributed by atoms with van der Waals surface area (Å²) < 4.78 is 1.17. The Labute approximate surface area is 121 Å². The van der Waals surface area contributed by atoms with Crippen molar-refractivity contribution in [3.63, 3.8) is 0 Å². The SMILES string of the molecule is CC(C)NC(=O)C(C)NC(=O)Nc1cnn(CC(=O)O)c1. The third-order valence-corrected chi connectivity index (χ3v) is 2.36. The molecule has 0 radical (unpaired) electrons. The van der Waals surface area contributed by atoms with Gasteiger partial charge >= 0.3 is 12.0 Å². The van der Waals surface area contributed by atoms with E-state index in [1.807, 2.05) is 13.8 Å². The molecule has 0 saturated heterocycles. The van der Waals surface area contributed by atoms with Crippen molar-refractivity contribution in [2.75, 3.05) is 5.32 Å². The number of nitrogens with zero attached hydrogens (tertiary/aromatic N) is 2. The molecular formula is C12H19N5O4. The monoisotopic (exact) mass is 297 g/mol. The topological polar surface area (TPSA) is 125 Å². The Bertz CT molecular complexity index is 525. The van der Waals surface area contributed by atoms with Crippen molar-refractivity contribution in [3.8, 4) is 0 Å². The van der Waals surface area contributed by atoms with Gasteiger partial charge in [0, 0.05) is 12.2 Å². The highest BCUT2D eigenvalue weighted by Crippen LogP contribution is 2.04. The van der Waals surface area contributed by atoms with Crippen molar-refractivity contribution in [3.05, 3.63) is 12.4 Å². The summed E-state index contributed by atoms with van der Waals surface area (Å²) in [5.41, 5.74) is 0.338. The van der Waals surface area contributed by atoms with Gasteiger partial charge in [0.2, 0.25) is 5.91 Å². The smallest absolute Gasteiger partial charge is 0.325 e. The van der Waals surface area contributed by atoms with Crippen LogP contribution in [0.5, 0.6) is 0 Å². The molecule has 1 aromatic heterocycles. The molecule has 1 rings (SSSR count). The van der Waals surface area contributed by atoms with Crippen LogP contribution in [0.15, 0.2) is 12.4 Å². The molecule has 9 heteroatoms. The van der Waals surface area contributed by atoms with Crippen LogP contribution in [0, 0.1) is 0 Å². The van der Waals surface area contributed by atoms with Gasteiger partial charge in [0.15, 0.2) is 0 Å². The van der Waals surface area contributed by atoms with E-state index in [-0.39, 0.29) is 18.5 Å². The number of anilines is 1. The van der Waals surface area contributed by atoms with Crippen LogP contribution in [-0.4, -0.2) is 44.9 Å². The first-order chi connectivity index (χ1) is 9.77. The number of nitrogens with one attached hydrogen (secondary N) is 3. The fourth-order valence-electron chi connectivity index (χ4n) is 1.49. The third kappa shape index (κ3) is 5.93. The van der Waals surface area contributed by atoms with E-state index in [0.717, 1.165) is 0 Å². The molecule has 0 bridgehead atoms. The number of rotatable bonds is 6. The molecule has 21 heavy (non-hydrogen) atoms. The fraction of sp³-hybridized carbons (Fsp3) is 0.500. The molecule has 0 aliphatic rings. The molecule has 1 atom stereocenters. The van der Waals surface area contributed by atoms with E-state index < -0.39 is 18.0 Å². The Kier molecular flexibility index (Phi) is 5.70. The van der Waals surface area contributed by atoms with Crippen LogP contribution >= 0.6 is 0 Å². The first-order valence-corrected chi connectivity index (χ1v) is 6.40. The van der Waals surface area contributed by atoms with Crippen molar-refractivity contribution in [2.45, 2.75) is 39.4 Å². The first kappa shape index (κ1) is 16.5. The van der Waals surface area contributed by atoms with Gasteiger partial charge in [-0.25, -0.2) is 4.79 Å². The van der Waals surface area contributed by atoms with Crippen LogP contribution in [0.1, 0.15) is 20.8 Å². The average molecular weight is 297 g/mol. The van der Waals surface area contributed by atoms with Gasteiger partial charge in [-0.05, 0) is 20.8 Å². The minimum atomic E-state index is -1.03. The van der Waals surface area contributed by atoms with Crippen LogP contribution in [0.4, 0.5) is 10.5 Å². The van der Waals surface area contributed by atoms with E-state index in [4.69, 9.17) is 5.11 Å². The number of amides is 3. The van der Waals surface area contributed by atoms with E-state index in [2.05, 4.69) is 21.0 Å². The summed E-state index contributed by atoms with van der Waals surface area (Å²) in [6.45, 7) is 4.91. The van der Waals surface area contributed by atoms with Crippen LogP contribution in [0.2, 0.25) is 0 Å². The Morgan fingerprint density at radius 1 is 1.29 bits per heavy atom. The second-order valence-electron chi connectivity index (χ2n) is 4.80. The Morgan fingerprint density at radius 2 is 1.95 bits per heavy atom. The predicted molar refractivity (Wildman–Crippen MR) is 74.8 cm³/mol. The van der Waals surface area contributed by atoms with Crippen LogP contribution in [-0.2, 0) is 16.1 Å². The second kappa shape index (κ2) is 7.27. The van der Waals surface area contributed by atoms with Crippen molar-refractivity contribution in [1.29, 1.82) is 0 Å². The van der Waals surface area contributed by atoms with Crippen molar-refractivity contribution < 1.29 is 19.5 Å². The van der Waals surface area contributed by atoms with Gasteiger partial charge in [0.05, 0.1) is 11.9 Å². The van der Waals surface area contributed by atoms with Crippen molar-refractivity contribution in [1.82, 2.24) is 20.4 Å². The molecule has 0 aliphatic heterocycles. The van der Waals surface area contributed by atoms with Gasteiger partial charge in [-0.1, -0.05) is 0 Å². The molecule has 1 aromatic rings. The summed E-state index contributed by atoms with van der Waals surface area (Å²) in [6, 6.07) is -1.28. The summed E-state index contributed by atoms with van der Waals surface area (Å²) in [6.07, 6.45) is 2.70. The van der Waals surface area contributed by atoms with Gasteiger partial charge < -0.3 is 21.1 Å². The zero-order chi connectivity index (χ0) is 16.0. The molecule has 0 aromatic carbocycles. The first-order valence-electron chi connectivity index (χ1n) is 6.40. The molecule has 3 amide bonds. The van der Waals surface area contributed by atoms with Crippen molar-refractivity contribution in [2.24, 2.45) is 0 Å². The summed E-state index contributed by atoms with van der Waals surface area (Å²) in [7, 11) is 0. The van der Waals surface area contributed by atoms with E-state index in [1.165, 1.54) is 17.1 Å². The maximum atomic E-state index is 11.7. The average Bonchev–Trinajstić information content (AvgIpc) is 2.74. The standard InChI is InChI=1S/C12H19N5O4/c1-7(2)14-11(20)8(3)15-12(21)16-9-4-13-17(5-9)6-10(18)19/h4-5,7-8H,6H2,1-3H3,(H,14,20)(H,18,19)(H2,15,16,21). The number of aliphatic carboxylic acids is 1. The van der Waals surface area contributed by atoms with Crippen LogP contribution < -0.4 is 16.0 Å². The number of hydrogen-bond acceptors (Lipinski definition) is 4. The maximum absolute atomic E-state index is 11.7. The lowest BCUT2D eigenvalue weighted by Crippen LogP contribution is -2.48. The van der Waals surface area contributed by atoms with Gasteiger partial charge in [-0.15, -0.1) is 0 Å². The molecular weight excluding hydrogens is 278 g/mol. The Hall–Kier alpha value is -2.58. The number of carboxylic acids is 1. The summed E-state index contributed by atoms with van der Waals surface area (Å²) in [4.78, 5) is 33.8. The zero-order valence-corrected chi connectivity index (χ0v) is 12.1. The highest BCUT2D eigenvalue weighted by Gasteiger charge is 2.16. The lowest BCUT2D eigenvalue weighted by Gasteiger charge is -2.16. The third-order valence-electron chi connectivity index (χ3n) is 2.36. The second-order valence-corrected chi connectivity index (χ2v) is 4.80. The minimum absolute atomic E-state index is 0.0148. The number of carboxylic acid groups (broad SMARTS) is 1. The maximum Gasteiger partial charge on any atom is 0.325 e. The number of carbonyl (C=O) groups is 3. The molecule has 1 unspecified atom stereocenters. The van der Waals surface area contributed by atoms with E-state index in [1.54, 1.807) is 6.92 Å². The summed E-state index contributed by atoms with van der Waals surface area (Å²) >= 11 is 0. The number of aromatic nitrogens is 2. The van der Waals surface area contributed by atoms with Gasteiger partial charge in [-0.2, -0.15) is 5.10 Å². The number of hydrogen-bond donors (Lipinski definition) is 4. The lowest BCUT2D eigenvalue weighted by molar-refractivity contribution is -0.137. The van der Waals surface area contributed by atoms with E-state index in [0.29, 0.717) is 5.69 Å². The predicted octanol–water partition coefficient (Wildman–Crippen LogP) is 0.00230. The van der Waals surface area contributed by atoms with E-state index >= 15 is 0 Å². The summed E-state index contributed by atoms with van der Waals surface area (Å²) in [5, 5.41) is 20.0. The van der Waals surface area contributed by atoms with E-state index in [9.17, 15) is 14.4 Å². The van der Waals surface area contributed by atoms with Crippen LogP contribution in [0.25, 0.3) is 0 Å². The van der Waals surface area contributed by atoms with Gasteiger partial charge in [0.25, 0.3) is 0 Å². The largest absolute Gasteiger partial charge is 0.480 e. The fourth-order valence-corrected chi connectivity index (χ4v) is 1.49. The molecule has 9 nitrogen and oxygen atoms in total. The number of urea groups is 1. The highest BCUT2D eigenvalue weighted by atomic mass is 16.4. The van der Waals surface area contributed by atoms with Crippen LogP contribution in [0.3, 0.4) is 0 Å². The molecule has 0 aliphatic carbocycles. The normalized spacial score (nSPS) is 11.8. The minimum Gasteiger partial charge on any atom is -0.480 e.